The minimum atomic E-state index is 0.294. The highest BCUT2D eigenvalue weighted by Gasteiger charge is 2.18. The molecular weight excluding hydrogens is 264 g/mol. The van der Waals surface area contributed by atoms with Crippen molar-refractivity contribution in [1.29, 1.82) is 0 Å². The summed E-state index contributed by atoms with van der Waals surface area (Å²) in [5.74, 6) is 0.949. The van der Waals surface area contributed by atoms with Gasteiger partial charge in [-0.05, 0) is 37.8 Å². The number of ether oxygens (including phenoxy) is 2. The average Bonchev–Trinajstić information content (AvgIpc) is 3.01. The minimum Gasteiger partial charge on any atom is -0.493 e. The lowest BCUT2D eigenvalue weighted by Gasteiger charge is -2.32. The molecule has 116 valence electrons. The topological polar surface area (TPSA) is 47.7 Å². The molecule has 2 saturated heterocycles. The zero-order valence-electron chi connectivity index (χ0n) is 12.7. The molecule has 2 heterocycles. The molecule has 2 atom stereocenters. The Balaban J connectivity index is 1.52. The molecule has 2 aliphatic heterocycles. The molecule has 4 nitrogen and oxygen atoms in total. The average molecular weight is 290 g/mol. The zero-order valence-corrected chi connectivity index (χ0v) is 12.7. The zero-order chi connectivity index (χ0) is 14.5. The van der Waals surface area contributed by atoms with E-state index >= 15 is 0 Å². The van der Waals surface area contributed by atoms with E-state index in [1.807, 2.05) is 6.07 Å². The fraction of sp³-hybridized carbons (Fsp3) is 0.647. The molecule has 21 heavy (non-hydrogen) atoms. The van der Waals surface area contributed by atoms with Crippen LogP contribution in [-0.4, -0.2) is 38.4 Å². The predicted octanol–water partition coefficient (Wildman–Crippen LogP) is 2.56. The van der Waals surface area contributed by atoms with Crippen LogP contribution in [0, 0.1) is 0 Å². The first kappa shape index (κ1) is 14.7. The van der Waals surface area contributed by atoms with Crippen molar-refractivity contribution in [2.24, 2.45) is 5.73 Å². The summed E-state index contributed by atoms with van der Waals surface area (Å²) in [5.41, 5.74) is 7.29. The van der Waals surface area contributed by atoms with Gasteiger partial charge in [-0.2, -0.15) is 0 Å². The molecular formula is C17H26N2O2. The minimum absolute atomic E-state index is 0.294. The van der Waals surface area contributed by atoms with Gasteiger partial charge in [-0.25, -0.2) is 0 Å². The summed E-state index contributed by atoms with van der Waals surface area (Å²) in [6.07, 6.45) is 6.05. The number of nitrogens with zero attached hydrogens (tertiary/aromatic N) is 1. The van der Waals surface area contributed by atoms with Gasteiger partial charge >= 0.3 is 0 Å². The molecule has 0 aliphatic carbocycles. The van der Waals surface area contributed by atoms with Crippen molar-refractivity contribution < 1.29 is 9.47 Å². The van der Waals surface area contributed by atoms with Crippen LogP contribution in [0.4, 0.5) is 5.69 Å². The Kier molecular flexibility index (Phi) is 4.99. The number of nitrogens with two attached hydrogens (primary N) is 1. The molecule has 2 N–H and O–H groups in total. The van der Waals surface area contributed by atoms with Gasteiger partial charge in [0.2, 0.25) is 0 Å². The van der Waals surface area contributed by atoms with Crippen molar-refractivity contribution in [3.63, 3.8) is 0 Å². The molecule has 1 aromatic rings. The Bertz CT molecular complexity index is 446. The fourth-order valence-corrected chi connectivity index (χ4v) is 3.19. The number of benzene rings is 1. The largest absolute Gasteiger partial charge is 0.493 e. The van der Waals surface area contributed by atoms with E-state index in [1.54, 1.807) is 0 Å². The lowest BCUT2D eigenvalue weighted by molar-refractivity contribution is 0.0903. The van der Waals surface area contributed by atoms with Crippen molar-refractivity contribution in [3.05, 3.63) is 24.3 Å². The maximum absolute atomic E-state index is 6.06. The monoisotopic (exact) mass is 290 g/mol. The normalized spacial score (nSPS) is 26.0. The van der Waals surface area contributed by atoms with Crippen LogP contribution < -0.4 is 15.4 Å². The molecule has 2 fully saturated rings. The van der Waals surface area contributed by atoms with Gasteiger partial charge in [0.15, 0.2) is 0 Å². The number of rotatable bonds is 5. The second-order valence-electron chi connectivity index (χ2n) is 6.12. The quantitative estimate of drug-likeness (QED) is 0.905. The van der Waals surface area contributed by atoms with E-state index in [-0.39, 0.29) is 0 Å². The Morgan fingerprint density at radius 3 is 3.05 bits per heavy atom. The van der Waals surface area contributed by atoms with Crippen molar-refractivity contribution in [1.82, 2.24) is 0 Å². The summed E-state index contributed by atoms with van der Waals surface area (Å²) >= 11 is 0. The van der Waals surface area contributed by atoms with Crippen LogP contribution in [0.5, 0.6) is 5.75 Å². The Labute approximate surface area is 127 Å². The number of hydrogen-bond acceptors (Lipinski definition) is 4. The van der Waals surface area contributed by atoms with Gasteiger partial charge < -0.3 is 20.1 Å². The van der Waals surface area contributed by atoms with Crippen LogP contribution in [0.25, 0.3) is 0 Å². The number of piperidine rings is 1. The summed E-state index contributed by atoms with van der Waals surface area (Å²) < 4.78 is 11.5. The molecule has 1 aromatic carbocycles. The first-order valence-corrected chi connectivity index (χ1v) is 8.16. The third kappa shape index (κ3) is 4.11. The van der Waals surface area contributed by atoms with E-state index < -0.39 is 0 Å². The van der Waals surface area contributed by atoms with Crippen LogP contribution >= 0.6 is 0 Å². The van der Waals surface area contributed by atoms with Crippen LogP contribution in [0.1, 0.15) is 32.1 Å². The van der Waals surface area contributed by atoms with E-state index in [1.165, 1.54) is 24.9 Å². The van der Waals surface area contributed by atoms with E-state index in [0.29, 0.717) is 12.1 Å². The fourth-order valence-electron chi connectivity index (χ4n) is 3.19. The first-order chi connectivity index (χ1) is 10.3. The highest BCUT2D eigenvalue weighted by atomic mass is 16.5. The summed E-state index contributed by atoms with van der Waals surface area (Å²) in [7, 11) is 0. The van der Waals surface area contributed by atoms with Gasteiger partial charge in [-0.3, -0.25) is 0 Å². The molecule has 0 radical (unpaired) electrons. The molecule has 0 bridgehead atoms. The summed E-state index contributed by atoms with van der Waals surface area (Å²) in [5, 5.41) is 0. The number of hydrogen-bond donors (Lipinski definition) is 1. The molecule has 0 amide bonds. The highest BCUT2D eigenvalue weighted by Crippen LogP contribution is 2.24. The summed E-state index contributed by atoms with van der Waals surface area (Å²) in [6, 6.07) is 8.67. The molecule has 2 aliphatic rings. The van der Waals surface area contributed by atoms with E-state index in [9.17, 15) is 0 Å². The van der Waals surface area contributed by atoms with Gasteiger partial charge in [0.1, 0.15) is 5.75 Å². The third-order valence-corrected chi connectivity index (χ3v) is 4.37. The van der Waals surface area contributed by atoms with Gasteiger partial charge in [0.25, 0.3) is 0 Å². The maximum atomic E-state index is 6.06. The highest BCUT2D eigenvalue weighted by molar-refractivity contribution is 5.51. The molecule has 0 saturated carbocycles. The van der Waals surface area contributed by atoms with Gasteiger partial charge in [0, 0.05) is 43.9 Å². The Morgan fingerprint density at radius 2 is 2.24 bits per heavy atom. The Morgan fingerprint density at radius 1 is 1.29 bits per heavy atom. The molecule has 2 unspecified atom stereocenters. The third-order valence-electron chi connectivity index (χ3n) is 4.37. The van der Waals surface area contributed by atoms with Gasteiger partial charge in [-0.15, -0.1) is 0 Å². The van der Waals surface area contributed by atoms with Gasteiger partial charge in [0.05, 0.1) is 12.7 Å². The second-order valence-corrected chi connectivity index (χ2v) is 6.12. The molecule has 3 rings (SSSR count). The van der Waals surface area contributed by atoms with Crippen LogP contribution in [0.2, 0.25) is 0 Å². The standard InChI is InChI=1S/C17H26N2O2/c18-14-4-2-9-19(13-14)15-5-1-6-17(12-15)21-11-8-16-7-3-10-20-16/h1,5-6,12,14,16H,2-4,7-11,13,18H2. The van der Waals surface area contributed by atoms with Crippen molar-refractivity contribution in [2.75, 3.05) is 31.2 Å². The van der Waals surface area contributed by atoms with E-state index in [4.69, 9.17) is 15.2 Å². The van der Waals surface area contributed by atoms with Crippen molar-refractivity contribution >= 4 is 5.69 Å². The summed E-state index contributed by atoms with van der Waals surface area (Å²) in [6.45, 7) is 3.68. The predicted molar refractivity (Wildman–Crippen MR) is 85.0 cm³/mol. The number of anilines is 1. The Hall–Kier alpha value is -1.26. The molecule has 4 heteroatoms. The second kappa shape index (κ2) is 7.14. The van der Waals surface area contributed by atoms with E-state index in [2.05, 4.69) is 23.1 Å². The van der Waals surface area contributed by atoms with Gasteiger partial charge in [-0.1, -0.05) is 6.07 Å². The first-order valence-electron chi connectivity index (χ1n) is 8.16. The van der Waals surface area contributed by atoms with Crippen LogP contribution in [0.15, 0.2) is 24.3 Å². The van der Waals surface area contributed by atoms with Crippen molar-refractivity contribution in [2.45, 2.75) is 44.2 Å². The summed E-state index contributed by atoms with van der Waals surface area (Å²) in [4.78, 5) is 2.36. The van der Waals surface area contributed by atoms with Crippen LogP contribution in [0.3, 0.4) is 0 Å². The van der Waals surface area contributed by atoms with Crippen LogP contribution in [-0.2, 0) is 4.74 Å². The smallest absolute Gasteiger partial charge is 0.121 e. The SMILES string of the molecule is NC1CCCN(c2cccc(OCCC3CCCO3)c2)C1. The molecule has 0 aromatic heterocycles. The maximum Gasteiger partial charge on any atom is 0.121 e. The lowest BCUT2D eigenvalue weighted by atomic mass is 10.1. The van der Waals surface area contributed by atoms with Crippen molar-refractivity contribution in [3.8, 4) is 5.75 Å². The lowest BCUT2D eigenvalue weighted by Crippen LogP contribution is -2.42. The molecule has 0 spiro atoms. The van der Waals surface area contributed by atoms with E-state index in [0.717, 1.165) is 44.9 Å².